The lowest BCUT2D eigenvalue weighted by Gasteiger charge is -2.28. The lowest BCUT2D eigenvalue weighted by molar-refractivity contribution is -0.139. The van der Waals surface area contributed by atoms with Crippen LogP contribution in [0.4, 0.5) is 11.4 Å². The minimum Gasteiger partial charge on any atom is -0.468 e. The Morgan fingerprint density at radius 2 is 1.93 bits per heavy atom. The largest absolute Gasteiger partial charge is 0.468 e. The zero-order valence-corrected chi connectivity index (χ0v) is 17.1. The van der Waals surface area contributed by atoms with Crippen LogP contribution in [0.3, 0.4) is 0 Å². The lowest BCUT2D eigenvalue weighted by Crippen LogP contribution is -2.39. The Kier molecular flexibility index (Phi) is 5.95. The van der Waals surface area contributed by atoms with Gasteiger partial charge in [0.15, 0.2) is 0 Å². The summed E-state index contributed by atoms with van der Waals surface area (Å²) >= 11 is 1.30. The van der Waals surface area contributed by atoms with Gasteiger partial charge in [0.05, 0.1) is 23.4 Å². The Balaban J connectivity index is 1.92. The molecule has 28 heavy (non-hydrogen) atoms. The number of nitrogens with zero attached hydrogens (tertiary/aromatic N) is 1. The maximum atomic E-state index is 12.8. The van der Waals surface area contributed by atoms with Crippen LogP contribution in [0.5, 0.6) is 0 Å². The van der Waals surface area contributed by atoms with Crippen molar-refractivity contribution in [1.29, 1.82) is 0 Å². The molecule has 0 fully saturated rings. The molecule has 1 heterocycles. The lowest BCUT2D eigenvalue weighted by atomic mass is 10.2. The van der Waals surface area contributed by atoms with Gasteiger partial charge in [0, 0.05) is 10.6 Å². The first kappa shape index (κ1) is 20.2. The van der Waals surface area contributed by atoms with Gasteiger partial charge in [-0.1, -0.05) is 19.1 Å². The summed E-state index contributed by atoms with van der Waals surface area (Å²) in [5.74, 6) is -0.674. The van der Waals surface area contributed by atoms with Crippen LogP contribution in [0.15, 0.2) is 52.3 Å². The van der Waals surface area contributed by atoms with E-state index in [-0.39, 0.29) is 23.1 Å². The van der Waals surface area contributed by atoms with E-state index in [4.69, 9.17) is 0 Å². The van der Waals surface area contributed by atoms with E-state index < -0.39 is 16.0 Å². The third-order valence-electron chi connectivity index (χ3n) is 4.31. The van der Waals surface area contributed by atoms with E-state index in [2.05, 4.69) is 9.46 Å². The fourth-order valence-corrected chi connectivity index (χ4v) is 4.73. The van der Waals surface area contributed by atoms with Gasteiger partial charge in [-0.3, -0.25) is 19.2 Å². The number of amides is 1. The van der Waals surface area contributed by atoms with Crippen LogP contribution in [0.25, 0.3) is 0 Å². The van der Waals surface area contributed by atoms with Crippen molar-refractivity contribution in [2.45, 2.75) is 23.1 Å². The third-order valence-corrected chi connectivity index (χ3v) is 6.74. The van der Waals surface area contributed by atoms with Gasteiger partial charge in [0.2, 0.25) is 5.91 Å². The molecular weight excluding hydrogens is 400 g/mol. The summed E-state index contributed by atoms with van der Waals surface area (Å²) in [5.41, 5.74) is 1.94. The van der Waals surface area contributed by atoms with Crippen molar-refractivity contribution in [2.75, 3.05) is 29.0 Å². The number of sulfonamides is 1. The first-order valence-electron chi connectivity index (χ1n) is 8.60. The highest BCUT2D eigenvalue weighted by Crippen LogP contribution is 2.37. The Bertz CT molecular complexity index is 1000. The number of thioether (sulfide) groups is 1. The second-order valence-corrected chi connectivity index (χ2v) is 8.83. The Morgan fingerprint density at radius 3 is 2.57 bits per heavy atom. The van der Waals surface area contributed by atoms with Crippen LogP contribution < -0.4 is 9.62 Å². The monoisotopic (exact) mass is 420 g/mol. The standard InChI is InChI=1S/C19H20N2O5S2/c1-3-13-4-6-14(7-5-13)20-28(24,25)15-8-9-17-16(10-15)21(11-19(23)26-2)18(22)12-27-17/h4-10,20H,3,11-12H2,1-2H3. The van der Waals surface area contributed by atoms with Crippen LogP contribution in [-0.2, 0) is 30.8 Å². The molecule has 0 radical (unpaired) electrons. The molecule has 0 unspecified atom stereocenters. The molecule has 2 aromatic rings. The minimum absolute atomic E-state index is 0.0102. The quantitative estimate of drug-likeness (QED) is 0.723. The molecule has 0 bridgehead atoms. The zero-order chi connectivity index (χ0) is 20.3. The molecule has 0 spiro atoms. The molecule has 2 aromatic carbocycles. The molecule has 0 aliphatic carbocycles. The highest BCUT2D eigenvalue weighted by Gasteiger charge is 2.28. The van der Waals surface area contributed by atoms with E-state index in [1.807, 2.05) is 19.1 Å². The molecule has 3 rings (SSSR count). The summed E-state index contributed by atoms with van der Waals surface area (Å²) in [6, 6.07) is 11.7. The van der Waals surface area contributed by atoms with Crippen LogP contribution in [0.2, 0.25) is 0 Å². The fraction of sp³-hybridized carbons (Fsp3) is 0.263. The van der Waals surface area contributed by atoms with Crippen molar-refractivity contribution in [2.24, 2.45) is 0 Å². The summed E-state index contributed by atoms with van der Waals surface area (Å²) in [4.78, 5) is 25.9. The number of nitrogens with one attached hydrogen (secondary N) is 1. The summed E-state index contributed by atoms with van der Waals surface area (Å²) in [6.07, 6.45) is 0.861. The number of benzene rings is 2. The summed E-state index contributed by atoms with van der Waals surface area (Å²) in [6.45, 7) is 1.75. The van der Waals surface area contributed by atoms with Crippen LogP contribution in [-0.4, -0.2) is 39.7 Å². The molecule has 0 aromatic heterocycles. The highest BCUT2D eigenvalue weighted by molar-refractivity contribution is 8.00. The predicted octanol–water partition coefficient (Wildman–Crippen LogP) is 2.66. The number of ether oxygens (including phenoxy) is 1. The average molecular weight is 421 g/mol. The van der Waals surface area contributed by atoms with E-state index in [9.17, 15) is 18.0 Å². The van der Waals surface area contributed by atoms with E-state index in [0.717, 1.165) is 16.9 Å². The van der Waals surface area contributed by atoms with Crippen molar-refractivity contribution >= 4 is 45.0 Å². The molecule has 1 N–H and O–H groups in total. The zero-order valence-electron chi connectivity index (χ0n) is 15.5. The van der Waals surface area contributed by atoms with Crippen LogP contribution in [0.1, 0.15) is 12.5 Å². The number of anilines is 2. The number of hydrogen-bond acceptors (Lipinski definition) is 6. The van der Waals surface area contributed by atoms with Gasteiger partial charge in [-0.2, -0.15) is 0 Å². The van der Waals surface area contributed by atoms with Crippen molar-refractivity contribution in [1.82, 2.24) is 0 Å². The van der Waals surface area contributed by atoms with Gasteiger partial charge in [-0.05, 0) is 42.3 Å². The maximum absolute atomic E-state index is 12.8. The third kappa shape index (κ3) is 4.31. The number of methoxy groups -OCH3 is 1. The first-order chi connectivity index (χ1) is 13.3. The summed E-state index contributed by atoms with van der Waals surface area (Å²) < 4.78 is 32.8. The average Bonchev–Trinajstić information content (AvgIpc) is 2.70. The van der Waals surface area contributed by atoms with E-state index >= 15 is 0 Å². The van der Waals surface area contributed by atoms with Crippen LogP contribution in [0, 0.1) is 0 Å². The van der Waals surface area contributed by atoms with E-state index in [0.29, 0.717) is 11.4 Å². The molecule has 0 saturated heterocycles. The van der Waals surface area contributed by atoms with Gasteiger partial charge in [0.1, 0.15) is 6.54 Å². The Labute approximate surface area is 168 Å². The van der Waals surface area contributed by atoms with E-state index in [1.165, 1.54) is 35.9 Å². The maximum Gasteiger partial charge on any atom is 0.325 e. The van der Waals surface area contributed by atoms with Gasteiger partial charge in [-0.25, -0.2) is 8.42 Å². The molecular formula is C19H20N2O5S2. The SMILES string of the molecule is CCc1ccc(NS(=O)(=O)c2ccc3c(c2)N(CC(=O)OC)C(=O)CS3)cc1. The Morgan fingerprint density at radius 1 is 1.21 bits per heavy atom. The molecule has 0 atom stereocenters. The smallest absolute Gasteiger partial charge is 0.325 e. The van der Waals surface area contributed by atoms with Crippen molar-refractivity contribution in [3.05, 3.63) is 48.0 Å². The first-order valence-corrected chi connectivity index (χ1v) is 11.1. The van der Waals surface area contributed by atoms with Gasteiger partial charge >= 0.3 is 5.97 Å². The number of carbonyl (C=O) groups is 2. The predicted molar refractivity (Wildman–Crippen MR) is 108 cm³/mol. The number of rotatable bonds is 6. The van der Waals surface area contributed by atoms with Crippen molar-refractivity contribution < 1.29 is 22.7 Å². The van der Waals surface area contributed by atoms with Gasteiger partial charge in [-0.15, -0.1) is 11.8 Å². The normalized spacial score (nSPS) is 13.8. The molecule has 0 saturated carbocycles. The molecule has 7 nitrogen and oxygen atoms in total. The van der Waals surface area contributed by atoms with E-state index in [1.54, 1.807) is 18.2 Å². The number of aryl methyl sites for hydroxylation is 1. The van der Waals surface area contributed by atoms with Crippen LogP contribution >= 0.6 is 11.8 Å². The minimum atomic E-state index is -3.85. The summed E-state index contributed by atoms with van der Waals surface area (Å²) in [7, 11) is -2.62. The molecule has 1 aliphatic rings. The van der Waals surface area contributed by atoms with Gasteiger partial charge < -0.3 is 4.74 Å². The molecule has 9 heteroatoms. The second kappa shape index (κ2) is 8.24. The number of carbonyl (C=O) groups excluding carboxylic acids is 2. The Hall–Kier alpha value is -2.52. The summed E-state index contributed by atoms with van der Waals surface area (Å²) in [5, 5.41) is 0. The fourth-order valence-electron chi connectivity index (χ4n) is 2.74. The number of hydrogen-bond donors (Lipinski definition) is 1. The molecule has 1 amide bonds. The molecule has 1 aliphatic heterocycles. The second-order valence-electron chi connectivity index (χ2n) is 6.13. The van der Waals surface area contributed by atoms with Gasteiger partial charge in [0.25, 0.3) is 10.0 Å². The van der Waals surface area contributed by atoms with Crippen molar-refractivity contribution in [3.63, 3.8) is 0 Å². The number of fused-ring (bicyclic) bond motifs is 1. The highest BCUT2D eigenvalue weighted by atomic mass is 32.2. The number of esters is 1. The van der Waals surface area contributed by atoms with Crippen molar-refractivity contribution in [3.8, 4) is 0 Å². The molecule has 148 valence electrons. The topological polar surface area (TPSA) is 92.8 Å².